The van der Waals surface area contributed by atoms with E-state index in [9.17, 15) is 13.2 Å². The van der Waals surface area contributed by atoms with Crippen molar-refractivity contribution in [2.24, 2.45) is 0 Å². The molecule has 0 atom stereocenters. The topological polar surface area (TPSA) is 82.2 Å². The van der Waals surface area contributed by atoms with Crippen LogP contribution in [0.15, 0.2) is 75.0 Å². The molecule has 0 aliphatic rings. The first kappa shape index (κ1) is 13.7. The van der Waals surface area contributed by atoms with Gasteiger partial charge < -0.3 is 4.42 Å². The molecule has 2 aromatic carbocycles. The minimum Gasteiger partial charge on any atom is -0.423 e. The van der Waals surface area contributed by atoms with Crippen molar-refractivity contribution < 1.29 is 12.8 Å². The standard InChI is InChI=1S/C16H10N2O4S/c19-16-8-5-11-9-12(6-7-15(11)22-16)23(20,21)18-10-17-13-3-1-2-4-14(13)18/h1-10H. The third-order valence-electron chi connectivity index (χ3n) is 3.57. The quantitative estimate of drug-likeness (QED) is 0.528. The Labute approximate surface area is 130 Å². The van der Waals surface area contributed by atoms with Gasteiger partial charge in [0, 0.05) is 11.5 Å². The predicted molar refractivity (Wildman–Crippen MR) is 84.8 cm³/mol. The zero-order valence-electron chi connectivity index (χ0n) is 11.7. The normalized spacial score (nSPS) is 12.0. The molecule has 0 radical (unpaired) electrons. The van der Waals surface area contributed by atoms with E-state index < -0.39 is 15.6 Å². The predicted octanol–water partition coefficient (Wildman–Crippen LogP) is 2.38. The molecule has 7 heteroatoms. The molecule has 0 unspecified atom stereocenters. The van der Waals surface area contributed by atoms with Gasteiger partial charge in [-0.1, -0.05) is 12.1 Å². The van der Waals surface area contributed by atoms with Gasteiger partial charge in [-0.15, -0.1) is 0 Å². The Morgan fingerprint density at radius 2 is 1.83 bits per heavy atom. The summed E-state index contributed by atoms with van der Waals surface area (Å²) in [5.74, 6) is 0. The summed E-state index contributed by atoms with van der Waals surface area (Å²) in [5, 5.41) is 0.537. The Bertz CT molecular complexity index is 1210. The average Bonchev–Trinajstić information content (AvgIpc) is 2.99. The lowest BCUT2D eigenvalue weighted by atomic mass is 10.2. The Balaban J connectivity index is 1.95. The van der Waals surface area contributed by atoms with E-state index in [4.69, 9.17) is 4.42 Å². The first-order valence-corrected chi connectivity index (χ1v) is 8.21. The van der Waals surface area contributed by atoms with Crippen molar-refractivity contribution in [1.29, 1.82) is 0 Å². The second-order valence-electron chi connectivity index (χ2n) is 4.99. The van der Waals surface area contributed by atoms with Crippen LogP contribution >= 0.6 is 0 Å². The largest absolute Gasteiger partial charge is 0.423 e. The molecule has 4 aromatic rings. The fourth-order valence-corrected chi connectivity index (χ4v) is 3.78. The summed E-state index contributed by atoms with van der Waals surface area (Å²) in [5.41, 5.74) is 0.968. The maximum Gasteiger partial charge on any atom is 0.336 e. The lowest BCUT2D eigenvalue weighted by Crippen LogP contribution is -2.11. The van der Waals surface area contributed by atoms with E-state index in [1.807, 2.05) is 0 Å². The second kappa shape index (κ2) is 4.79. The van der Waals surface area contributed by atoms with Crippen LogP contribution < -0.4 is 5.63 Å². The first-order valence-electron chi connectivity index (χ1n) is 6.77. The molecular weight excluding hydrogens is 316 g/mol. The summed E-state index contributed by atoms with van der Waals surface area (Å²) in [6.45, 7) is 0. The summed E-state index contributed by atoms with van der Waals surface area (Å²) < 4.78 is 31.9. The molecule has 6 nitrogen and oxygen atoms in total. The number of hydrogen-bond donors (Lipinski definition) is 0. The van der Waals surface area contributed by atoms with Gasteiger partial charge in [-0.25, -0.2) is 22.2 Å². The van der Waals surface area contributed by atoms with Crippen LogP contribution in [0.25, 0.3) is 22.0 Å². The van der Waals surface area contributed by atoms with Crippen molar-refractivity contribution >= 4 is 32.0 Å². The van der Waals surface area contributed by atoms with Gasteiger partial charge in [0.25, 0.3) is 10.0 Å². The minimum absolute atomic E-state index is 0.0991. The van der Waals surface area contributed by atoms with Gasteiger partial charge in [-0.3, -0.25) is 0 Å². The molecule has 0 N–H and O–H groups in total. The van der Waals surface area contributed by atoms with Crippen molar-refractivity contribution in [2.45, 2.75) is 4.90 Å². The van der Waals surface area contributed by atoms with Gasteiger partial charge in [0.05, 0.1) is 15.9 Å². The fraction of sp³-hybridized carbons (Fsp3) is 0. The maximum absolute atomic E-state index is 12.9. The highest BCUT2D eigenvalue weighted by molar-refractivity contribution is 7.90. The smallest absolute Gasteiger partial charge is 0.336 e. The number of aromatic nitrogens is 2. The van der Waals surface area contributed by atoms with Crippen molar-refractivity contribution in [2.75, 3.05) is 0 Å². The molecule has 2 aromatic heterocycles. The van der Waals surface area contributed by atoms with Crippen LogP contribution in [0, 0.1) is 0 Å². The molecule has 0 aliphatic carbocycles. The fourth-order valence-electron chi connectivity index (χ4n) is 2.45. The first-order chi connectivity index (χ1) is 11.1. The van der Waals surface area contributed by atoms with E-state index in [0.717, 1.165) is 3.97 Å². The highest BCUT2D eigenvalue weighted by atomic mass is 32.2. The number of benzene rings is 2. The van der Waals surface area contributed by atoms with Crippen LogP contribution in [0.4, 0.5) is 0 Å². The molecule has 114 valence electrons. The van der Waals surface area contributed by atoms with Crippen LogP contribution in [0.5, 0.6) is 0 Å². The van der Waals surface area contributed by atoms with Gasteiger partial charge in [-0.2, -0.15) is 0 Å². The van der Waals surface area contributed by atoms with Crippen molar-refractivity contribution in [3.05, 3.63) is 71.3 Å². The highest BCUT2D eigenvalue weighted by Crippen LogP contribution is 2.23. The zero-order valence-corrected chi connectivity index (χ0v) is 12.5. The lowest BCUT2D eigenvalue weighted by Gasteiger charge is -2.07. The van der Waals surface area contributed by atoms with Gasteiger partial charge in [0.15, 0.2) is 0 Å². The molecule has 0 amide bonds. The van der Waals surface area contributed by atoms with Crippen LogP contribution in [0.3, 0.4) is 0 Å². The maximum atomic E-state index is 12.9. The molecular formula is C16H10N2O4S. The number of imidazole rings is 1. The van der Waals surface area contributed by atoms with Gasteiger partial charge in [-0.05, 0) is 36.4 Å². The second-order valence-corrected chi connectivity index (χ2v) is 6.80. The molecule has 4 rings (SSSR count). The number of fused-ring (bicyclic) bond motifs is 2. The molecule has 0 aliphatic heterocycles. The van der Waals surface area contributed by atoms with Gasteiger partial charge in [0.1, 0.15) is 11.9 Å². The summed E-state index contributed by atoms with van der Waals surface area (Å²) in [7, 11) is -3.79. The average molecular weight is 326 g/mol. The highest BCUT2D eigenvalue weighted by Gasteiger charge is 2.20. The van der Waals surface area contributed by atoms with Crippen molar-refractivity contribution in [3.63, 3.8) is 0 Å². The molecule has 23 heavy (non-hydrogen) atoms. The SMILES string of the molecule is O=c1ccc2cc(S(=O)(=O)n3cnc4ccccc43)ccc2o1. The lowest BCUT2D eigenvalue weighted by molar-refractivity contribution is 0.560. The number of hydrogen-bond acceptors (Lipinski definition) is 5. The van der Waals surface area contributed by atoms with Crippen LogP contribution in [0.2, 0.25) is 0 Å². The Morgan fingerprint density at radius 1 is 1.00 bits per heavy atom. The Hall–Kier alpha value is -2.93. The number of rotatable bonds is 2. The molecule has 0 fully saturated rings. The third kappa shape index (κ3) is 2.13. The van der Waals surface area contributed by atoms with Gasteiger partial charge in [0.2, 0.25) is 0 Å². The van der Waals surface area contributed by atoms with Crippen LogP contribution in [0.1, 0.15) is 0 Å². The van der Waals surface area contributed by atoms with E-state index in [-0.39, 0.29) is 4.90 Å². The molecule has 0 saturated heterocycles. The zero-order chi connectivity index (χ0) is 16.0. The van der Waals surface area contributed by atoms with Crippen LogP contribution in [-0.4, -0.2) is 17.4 Å². The van der Waals surface area contributed by atoms with Gasteiger partial charge >= 0.3 is 5.63 Å². The van der Waals surface area contributed by atoms with Crippen molar-refractivity contribution in [1.82, 2.24) is 8.96 Å². The van der Waals surface area contributed by atoms with E-state index in [1.54, 1.807) is 24.3 Å². The third-order valence-corrected chi connectivity index (χ3v) is 5.23. The summed E-state index contributed by atoms with van der Waals surface area (Å²) >= 11 is 0. The van der Waals surface area contributed by atoms with E-state index in [1.165, 1.54) is 36.7 Å². The number of para-hydroxylation sites is 2. The summed E-state index contributed by atoms with van der Waals surface area (Å²) in [6.07, 6.45) is 1.29. The van der Waals surface area contributed by atoms with Crippen molar-refractivity contribution in [3.8, 4) is 0 Å². The molecule has 2 heterocycles. The monoisotopic (exact) mass is 326 g/mol. The van der Waals surface area contributed by atoms with E-state index in [2.05, 4.69) is 4.98 Å². The minimum atomic E-state index is -3.79. The Kier molecular flexibility index (Phi) is 2.85. The van der Waals surface area contributed by atoms with Crippen LogP contribution in [-0.2, 0) is 10.0 Å². The summed E-state index contributed by atoms with van der Waals surface area (Å²) in [4.78, 5) is 15.4. The molecule has 0 saturated carbocycles. The Morgan fingerprint density at radius 3 is 2.70 bits per heavy atom. The number of nitrogens with zero attached hydrogens (tertiary/aromatic N) is 2. The molecule has 0 bridgehead atoms. The summed E-state index contributed by atoms with van der Waals surface area (Å²) in [6, 6.07) is 14.1. The van der Waals surface area contributed by atoms with E-state index in [0.29, 0.717) is 22.0 Å². The molecule has 0 spiro atoms. The van der Waals surface area contributed by atoms with E-state index >= 15 is 0 Å².